The zero-order chi connectivity index (χ0) is 25.7. The number of carbonyl (C=O) groups is 5. The minimum Gasteiger partial charge on any atom is -0.358 e. The van der Waals surface area contributed by atoms with Crippen molar-refractivity contribution in [2.75, 3.05) is 6.54 Å². The van der Waals surface area contributed by atoms with Crippen LogP contribution in [0, 0.1) is 5.92 Å². The average molecular weight is 485 g/mol. The second-order valence-electron chi connectivity index (χ2n) is 9.11. The largest absolute Gasteiger partial charge is 0.358 e. The summed E-state index contributed by atoms with van der Waals surface area (Å²) >= 11 is 0. The highest BCUT2D eigenvalue weighted by Gasteiger charge is 2.31. The van der Waals surface area contributed by atoms with Gasteiger partial charge < -0.3 is 31.6 Å². The molecule has 1 aliphatic rings. The van der Waals surface area contributed by atoms with Crippen LogP contribution in [0.1, 0.15) is 33.4 Å². The smallest absolute Gasteiger partial charge is 0.243 e. The molecule has 5 amide bonds. The van der Waals surface area contributed by atoms with Crippen molar-refractivity contribution >= 4 is 40.4 Å². The second-order valence-corrected chi connectivity index (χ2v) is 9.11. The van der Waals surface area contributed by atoms with Crippen molar-refractivity contribution in [1.82, 2.24) is 31.6 Å². The number of nitrogens with one attached hydrogen (secondary N) is 6. The fourth-order valence-corrected chi connectivity index (χ4v) is 3.80. The highest BCUT2D eigenvalue weighted by Crippen LogP contribution is 2.16. The van der Waals surface area contributed by atoms with Crippen LogP contribution in [-0.2, 0) is 30.4 Å². The maximum Gasteiger partial charge on any atom is 0.243 e. The lowest BCUT2D eigenvalue weighted by molar-refractivity contribution is -0.133. The minimum absolute atomic E-state index is 0.135. The number of fused-ring (bicyclic) bond motifs is 1. The zero-order valence-electron chi connectivity index (χ0n) is 20.2. The molecule has 4 atom stereocenters. The summed E-state index contributed by atoms with van der Waals surface area (Å²) in [5.41, 5.74) is 1.60. The van der Waals surface area contributed by atoms with Crippen LogP contribution in [0.5, 0.6) is 0 Å². The van der Waals surface area contributed by atoms with Crippen molar-refractivity contribution in [1.29, 1.82) is 0 Å². The molecule has 1 aromatic carbocycles. The quantitative estimate of drug-likeness (QED) is 0.345. The molecule has 0 aliphatic carbocycles. The standard InChI is InChI=1S/C24H32N6O5/c1-12(2)20-24(35)27-14(4)22(33)29-18(10-16-9-15-7-5-6-8-17(15)28-16)23(34)26-13(3)21(32)25-11-19(31)30-20/h5-9,12-14,18,20,28H,10-11H2,1-4H3,(H,25,32)(H,26,34)(H,27,35)(H,29,33)(H,30,31). The first kappa shape index (κ1) is 25.7. The average Bonchev–Trinajstić information content (AvgIpc) is 3.21. The summed E-state index contributed by atoms with van der Waals surface area (Å²) in [7, 11) is 0. The molecule has 1 saturated heterocycles. The van der Waals surface area contributed by atoms with Gasteiger partial charge in [-0.1, -0.05) is 32.0 Å². The van der Waals surface area contributed by atoms with E-state index in [1.807, 2.05) is 30.3 Å². The van der Waals surface area contributed by atoms with Gasteiger partial charge in [0.2, 0.25) is 29.5 Å². The lowest BCUT2D eigenvalue weighted by Crippen LogP contribution is -2.57. The van der Waals surface area contributed by atoms with Gasteiger partial charge in [-0.3, -0.25) is 24.0 Å². The summed E-state index contributed by atoms with van der Waals surface area (Å²) in [5, 5.41) is 13.9. The lowest BCUT2D eigenvalue weighted by atomic mass is 10.0. The van der Waals surface area contributed by atoms with Crippen LogP contribution in [0.25, 0.3) is 10.9 Å². The van der Waals surface area contributed by atoms with Gasteiger partial charge in [-0.25, -0.2) is 0 Å². The number of carbonyl (C=O) groups excluding carboxylic acids is 5. The molecular formula is C24H32N6O5. The molecule has 11 nitrogen and oxygen atoms in total. The van der Waals surface area contributed by atoms with Crippen LogP contribution in [-0.4, -0.2) is 65.2 Å². The van der Waals surface area contributed by atoms with Crippen molar-refractivity contribution in [2.45, 2.75) is 58.3 Å². The molecule has 1 aliphatic heterocycles. The van der Waals surface area contributed by atoms with E-state index in [1.54, 1.807) is 13.8 Å². The Bertz CT molecular complexity index is 1090. The molecule has 0 radical (unpaired) electrons. The fourth-order valence-electron chi connectivity index (χ4n) is 3.80. The van der Waals surface area contributed by atoms with E-state index in [0.29, 0.717) is 5.69 Å². The number of hydrogen-bond acceptors (Lipinski definition) is 5. The van der Waals surface area contributed by atoms with Crippen molar-refractivity contribution in [3.63, 3.8) is 0 Å². The van der Waals surface area contributed by atoms with Gasteiger partial charge in [-0.15, -0.1) is 0 Å². The normalized spacial score (nSPS) is 25.1. The Morgan fingerprint density at radius 3 is 2.17 bits per heavy atom. The lowest BCUT2D eigenvalue weighted by Gasteiger charge is -2.25. The molecule has 6 N–H and O–H groups in total. The van der Waals surface area contributed by atoms with E-state index >= 15 is 0 Å². The van der Waals surface area contributed by atoms with E-state index in [1.165, 1.54) is 13.8 Å². The fraction of sp³-hybridized carbons (Fsp3) is 0.458. The molecule has 0 saturated carbocycles. The van der Waals surface area contributed by atoms with E-state index in [4.69, 9.17) is 0 Å². The summed E-state index contributed by atoms with van der Waals surface area (Å²) in [6.07, 6.45) is 0.135. The van der Waals surface area contributed by atoms with Crippen molar-refractivity contribution in [3.8, 4) is 0 Å². The summed E-state index contributed by atoms with van der Waals surface area (Å²) in [6.45, 7) is 6.12. The minimum atomic E-state index is -1.02. The van der Waals surface area contributed by atoms with Crippen LogP contribution in [0.4, 0.5) is 0 Å². The van der Waals surface area contributed by atoms with Crippen LogP contribution < -0.4 is 26.6 Å². The number of aromatic amines is 1. The van der Waals surface area contributed by atoms with Crippen molar-refractivity contribution < 1.29 is 24.0 Å². The van der Waals surface area contributed by atoms with Gasteiger partial charge in [-0.2, -0.15) is 0 Å². The Balaban J connectivity index is 1.87. The molecule has 3 rings (SSSR count). The van der Waals surface area contributed by atoms with Crippen LogP contribution in [0.2, 0.25) is 0 Å². The molecule has 1 aromatic heterocycles. The van der Waals surface area contributed by atoms with Crippen molar-refractivity contribution in [2.24, 2.45) is 5.92 Å². The first-order valence-corrected chi connectivity index (χ1v) is 11.6. The molecule has 4 unspecified atom stereocenters. The Morgan fingerprint density at radius 2 is 1.49 bits per heavy atom. The highest BCUT2D eigenvalue weighted by atomic mass is 16.2. The molecule has 0 spiro atoms. The number of aromatic nitrogens is 1. The van der Waals surface area contributed by atoms with Gasteiger partial charge in [0.15, 0.2) is 0 Å². The number of rotatable bonds is 3. The van der Waals surface area contributed by atoms with E-state index in [-0.39, 0.29) is 18.9 Å². The van der Waals surface area contributed by atoms with E-state index < -0.39 is 53.7 Å². The third kappa shape index (κ3) is 6.58. The molecule has 188 valence electrons. The third-order valence-corrected chi connectivity index (χ3v) is 5.84. The Kier molecular flexibility index (Phi) is 8.10. The van der Waals surface area contributed by atoms with E-state index in [2.05, 4.69) is 31.6 Å². The van der Waals surface area contributed by atoms with Gasteiger partial charge in [-0.05, 0) is 37.3 Å². The number of benzene rings is 1. The Hall–Kier alpha value is -3.89. The SMILES string of the molecule is CC1NC(=O)C(Cc2cc3ccccc3[nH]2)NC(=O)C(C)NC(=O)C(C(C)C)NC(=O)CNC1=O. The first-order chi connectivity index (χ1) is 16.5. The van der Waals surface area contributed by atoms with Crippen molar-refractivity contribution in [3.05, 3.63) is 36.0 Å². The maximum atomic E-state index is 13.1. The molecule has 0 bridgehead atoms. The highest BCUT2D eigenvalue weighted by molar-refractivity contribution is 5.97. The second kappa shape index (κ2) is 11.0. The first-order valence-electron chi connectivity index (χ1n) is 11.6. The van der Waals surface area contributed by atoms with E-state index in [9.17, 15) is 24.0 Å². The topological polar surface area (TPSA) is 161 Å². The van der Waals surface area contributed by atoms with Crippen LogP contribution in [0.3, 0.4) is 0 Å². The van der Waals surface area contributed by atoms with Gasteiger partial charge in [0, 0.05) is 17.6 Å². The van der Waals surface area contributed by atoms with Crippen LogP contribution in [0.15, 0.2) is 30.3 Å². The summed E-state index contributed by atoms with van der Waals surface area (Å²) in [6, 6.07) is 5.64. The van der Waals surface area contributed by atoms with Gasteiger partial charge in [0.1, 0.15) is 24.2 Å². The Morgan fingerprint density at radius 1 is 0.829 bits per heavy atom. The molecule has 11 heteroatoms. The van der Waals surface area contributed by atoms with Crippen LogP contribution >= 0.6 is 0 Å². The zero-order valence-corrected chi connectivity index (χ0v) is 20.2. The van der Waals surface area contributed by atoms with Gasteiger partial charge in [0.25, 0.3) is 0 Å². The number of H-pyrrole nitrogens is 1. The van der Waals surface area contributed by atoms with Gasteiger partial charge >= 0.3 is 0 Å². The molecule has 35 heavy (non-hydrogen) atoms. The summed E-state index contributed by atoms with van der Waals surface area (Å²) in [4.78, 5) is 66.7. The number of para-hydroxylation sites is 1. The maximum absolute atomic E-state index is 13.1. The van der Waals surface area contributed by atoms with Gasteiger partial charge in [0.05, 0.1) is 6.54 Å². The predicted octanol–water partition coefficient (Wildman–Crippen LogP) is -0.525. The number of amides is 5. The van der Waals surface area contributed by atoms with E-state index in [0.717, 1.165) is 10.9 Å². The summed E-state index contributed by atoms with van der Waals surface area (Å²) in [5.74, 6) is -3.08. The third-order valence-electron chi connectivity index (χ3n) is 5.84. The monoisotopic (exact) mass is 484 g/mol. The summed E-state index contributed by atoms with van der Waals surface area (Å²) < 4.78 is 0. The molecular weight excluding hydrogens is 452 g/mol. The molecule has 2 heterocycles. The molecule has 2 aromatic rings. The molecule has 1 fully saturated rings. The Labute approximate surface area is 203 Å². The predicted molar refractivity (Wildman–Crippen MR) is 129 cm³/mol. The number of hydrogen-bond donors (Lipinski definition) is 6.